The second-order valence-corrected chi connectivity index (χ2v) is 5.93. The fourth-order valence-electron chi connectivity index (χ4n) is 1.30. The van der Waals surface area contributed by atoms with Crippen LogP contribution in [0.3, 0.4) is 0 Å². The number of sulfonamides is 1. The molecule has 19 heavy (non-hydrogen) atoms. The van der Waals surface area contributed by atoms with E-state index in [0.717, 1.165) is 5.56 Å². The molecular weight excluding hydrogens is 264 g/mol. The van der Waals surface area contributed by atoms with Gasteiger partial charge in [-0.2, -0.15) is 5.26 Å². The van der Waals surface area contributed by atoms with Crippen molar-refractivity contribution in [2.75, 3.05) is 11.3 Å². The number of aryl methyl sites for hydroxylation is 1. The molecule has 1 rings (SSSR count). The van der Waals surface area contributed by atoms with Crippen LogP contribution in [0.5, 0.6) is 0 Å². The number of nitrogens with zero attached hydrogens (tertiary/aromatic N) is 1. The van der Waals surface area contributed by atoms with E-state index in [9.17, 15) is 8.42 Å². The topological polar surface area (TPSA) is 90.2 Å². The summed E-state index contributed by atoms with van der Waals surface area (Å²) in [4.78, 5) is 0. The Labute approximate surface area is 112 Å². The van der Waals surface area contributed by atoms with Crippen LogP contribution >= 0.6 is 0 Å². The molecule has 0 fully saturated rings. The normalized spacial score (nSPS) is 11.9. The van der Waals surface area contributed by atoms with Gasteiger partial charge in [0.2, 0.25) is 10.0 Å². The largest absolute Gasteiger partial charge is 0.384 e. The van der Waals surface area contributed by atoms with Crippen molar-refractivity contribution in [3.8, 4) is 17.9 Å². The van der Waals surface area contributed by atoms with E-state index in [1.807, 2.05) is 6.92 Å². The average Bonchev–Trinajstić information content (AvgIpc) is 2.37. The minimum Gasteiger partial charge on any atom is -0.384 e. The number of anilines is 1. The maximum absolute atomic E-state index is 11.8. The van der Waals surface area contributed by atoms with Crippen molar-refractivity contribution in [3.05, 3.63) is 29.3 Å². The Balaban J connectivity index is 3.19. The maximum Gasteiger partial charge on any atom is 0.248 e. The van der Waals surface area contributed by atoms with Crippen LogP contribution in [0.1, 0.15) is 18.1 Å². The minimum absolute atomic E-state index is 0.300. The first-order valence-corrected chi connectivity index (χ1v) is 7.07. The summed E-state index contributed by atoms with van der Waals surface area (Å²) in [5.41, 5.74) is 1.68. The van der Waals surface area contributed by atoms with Crippen LogP contribution in [0.25, 0.3) is 0 Å². The molecule has 0 aliphatic heterocycles. The van der Waals surface area contributed by atoms with Crippen LogP contribution in [0.15, 0.2) is 18.2 Å². The summed E-state index contributed by atoms with van der Waals surface area (Å²) < 4.78 is 26.0. The Hall–Kier alpha value is -2.02. The molecule has 0 saturated heterocycles. The van der Waals surface area contributed by atoms with Crippen molar-refractivity contribution in [1.82, 2.24) is 0 Å². The van der Waals surface area contributed by atoms with Crippen LogP contribution in [0.4, 0.5) is 5.69 Å². The summed E-state index contributed by atoms with van der Waals surface area (Å²) in [5.74, 6) is 5.14. The molecule has 0 aliphatic rings. The molecule has 0 spiro atoms. The van der Waals surface area contributed by atoms with E-state index in [-0.39, 0.29) is 6.61 Å². The van der Waals surface area contributed by atoms with E-state index in [1.165, 1.54) is 6.92 Å². The number of nitrogens with one attached hydrogen (secondary N) is 1. The Bertz CT molecular complexity index is 663. The first kappa shape index (κ1) is 15.0. The molecule has 6 heteroatoms. The van der Waals surface area contributed by atoms with Gasteiger partial charge in [0.25, 0.3) is 0 Å². The molecule has 1 aromatic carbocycles. The molecule has 0 aliphatic carbocycles. The molecule has 1 unspecified atom stereocenters. The van der Waals surface area contributed by atoms with Crippen LogP contribution in [0.2, 0.25) is 0 Å². The highest BCUT2D eigenvalue weighted by atomic mass is 32.2. The lowest BCUT2D eigenvalue weighted by atomic mass is 10.1. The molecule has 1 aromatic rings. The van der Waals surface area contributed by atoms with Crippen LogP contribution < -0.4 is 4.72 Å². The van der Waals surface area contributed by atoms with Gasteiger partial charge in [0.05, 0.1) is 11.8 Å². The molecule has 0 heterocycles. The lowest BCUT2D eigenvalue weighted by molar-refractivity contribution is 0.350. The molecule has 0 saturated carbocycles. The molecule has 0 amide bonds. The van der Waals surface area contributed by atoms with E-state index in [0.29, 0.717) is 11.3 Å². The van der Waals surface area contributed by atoms with E-state index in [2.05, 4.69) is 16.6 Å². The molecule has 0 radical (unpaired) electrons. The molecule has 2 N–H and O–H groups in total. The van der Waals surface area contributed by atoms with Crippen molar-refractivity contribution in [2.24, 2.45) is 0 Å². The van der Waals surface area contributed by atoms with Crippen LogP contribution in [-0.2, 0) is 10.0 Å². The zero-order valence-corrected chi connectivity index (χ0v) is 11.5. The predicted octanol–water partition coefficient (Wildman–Crippen LogP) is 0.993. The van der Waals surface area contributed by atoms with Crippen molar-refractivity contribution >= 4 is 15.7 Å². The maximum atomic E-state index is 11.8. The number of hydrogen-bond acceptors (Lipinski definition) is 4. The zero-order chi connectivity index (χ0) is 14.5. The molecule has 0 aromatic heterocycles. The Morgan fingerprint density at radius 1 is 1.47 bits per heavy atom. The van der Waals surface area contributed by atoms with Gasteiger partial charge in [-0.15, -0.1) is 0 Å². The molecule has 1 atom stereocenters. The van der Waals surface area contributed by atoms with E-state index in [1.54, 1.807) is 24.3 Å². The fourth-order valence-corrected chi connectivity index (χ4v) is 2.10. The third kappa shape index (κ3) is 3.99. The quantitative estimate of drug-likeness (QED) is 0.807. The summed E-state index contributed by atoms with van der Waals surface area (Å²) in [7, 11) is -3.77. The van der Waals surface area contributed by atoms with E-state index in [4.69, 9.17) is 10.4 Å². The lowest BCUT2D eigenvalue weighted by Gasteiger charge is -2.11. The second-order valence-electron chi connectivity index (χ2n) is 3.93. The average molecular weight is 278 g/mol. The van der Waals surface area contributed by atoms with Crippen molar-refractivity contribution in [1.29, 1.82) is 5.26 Å². The van der Waals surface area contributed by atoms with Gasteiger partial charge >= 0.3 is 0 Å². The minimum atomic E-state index is -3.77. The van der Waals surface area contributed by atoms with Crippen molar-refractivity contribution in [2.45, 2.75) is 19.1 Å². The van der Waals surface area contributed by atoms with Crippen LogP contribution in [-0.4, -0.2) is 25.4 Å². The first-order chi connectivity index (χ1) is 8.90. The van der Waals surface area contributed by atoms with Gasteiger partial charge in [0.15, 0.2) is 5.25 Å². The van der Waals surface area contributed by atoms with Gasteiger partial charge in [-0.25, -0.2) is 8.42 Å². The van der Waals surface area contributed by atoms with Crippen molar-refractivity contribution < 1.29 is 13.5 Å². The van der Waals surface area contributed by atoms with Gasteiger partial charge in [-0.05, 0) is 31.5 Å². The monoisotopic (exact) mass is 278 g/mol. The smallest absolute Gasteiger partial charge is 0.248 e. The van der Waals surface area contributed by atoms with Gasteiger partial charge in [0.1, 0.15) is 6.61 Å². The fraction of sp³-hybridized carbons (Fsp3) is 0.308. The number of benzene rings is 1. The lowest BCUT2D eigenvalue weighted by Crippen LogP contribution is -2.24. The third-order valence-corrected chi connectivity index (χ3v) is 3.92. The third-order valence-electron chi connectivity index (χ3n) is 2.38. The number of rotatable bonds is 3. The zero-order valence-electron chi connectivity index (χ0n) is 10.6. The highest BCUT2D eigenvalue weighted by Crippen LogP contribution is 2.19. The van der Waals surface area contributed by atoms with Gasteiger partial charge in [-0.1, -0.05) is 17.9 Å². The van der Waals surface area contributed by atoms with Gasteiger partial charge in [0, 0.05) is 5.56 Å². The second kappa shape index (κ2) is 6.24. The van der Waals surface area contributed by atoms with Gasteiger partial charge < -0.3 is 5.11 Å². The van der Waals surface area contributed by atoms with Crippen molar-refractivity contribution in [3.63, 3.8) is 0 Å². The first-order valence-electron chi connectivity index (χ1n) is 5.52. The molecular formula is C13H14N2O3S. The SMILES string of the molecule is Cc1ccc(NS(=O)(=O)C(C)C#N)c(C#CCO)c1. The summed E-state index contributed by atoms with van der Waals surface area (Å²) >= 11 is 0. The predicted molar refractivity (Wildman–Crippen MR) is 72.8 cm³/mol. The number of hydrogen-bond donors (Lipinski definition) is 2. The van der Waals surface area contributed by atoms with E-state index < -0.39 is 15.3 Å². The Kier molecular flexibility index (Phi) is 4.94. The summed E-state index contributed by atoms with van der Waals surface area (Å²) in [6.07, 6.45) is 0. The Morgan fingerprint density at radius 2 is 2.16 bits per heavy atom. The summed E-state index contributed by atoms with van der Waals surface area (Å²) in [5, 5.41) is 16.2. The standard InChI is InChI=1S/C13H14N2O3S/c1-10-5-6-13(12(8-10)4-3-7-16)15-19(17,18)11(2)9-14/h5-6,8,11,15-16H,7H2,1-2H3. The summed E-state index contributed by atoms with van der Waals surface area (Å²) in [6.45, 7) is 2.84. The van der Waals surface area contributed by atoms with E-state index >= 15 is 0 Å². The highest BCUT2D eigenvalue weighted by molar-refractivity contribution is 7.93. The number of aliphatic hydroxyl groups excluding tert-OH is 1. The Morgan fingerprint density at radius 3 is 2.74 bits per heavy atom. The molecule has 0 bridgehead atoms. The highest BCUT2D eigenvalue weighted by Gasteiger charge is 2.20. The number of nitriles is 1. The summed E-state index contributed by atoms with van der Waals surface area (Å²) in [6, 6.07) is 6.70. The molecule has 5 nitrogen and oxygen atoms in total. The van der Waals surface area contributed by atoms with Crippen LogP contribution in [0, 0.1) is 30.1 Å². The number of aliphatic hydroxyl groups is 1. The molecule has 100 valence electrons. The van der Waals surface area contributed by atoms with Gasteiger partial charge in [-0.3, -0.25) is 4.72 Å².